The summed E-state index contributed by atoms with van der Waals surface area (Å²) in [6, 6.07) is 21.8. The molecule has 7 amide bonds. The number of rotatable bonds is 18. The Balaban J connectivity index is 0.713. The summed E-state index contributed by atoms with van der Waals surface area (Å²) in [5.41, 5.74) is 8.15. The molecule has 4 aromatic rings. The molecule has 396 valence electrons. The number of carbonyl (C=O) groups excluding carboxylic acids is 7. The largest absolute Gasteiger partial charge is 0.488 e. The van der Waals surface area contributed by atoms with Crippen LogP contribution in [0.1, 0.15) is 112 Å². The van der Waals surface area contributed by atoms with Crippen molar-refractivity contribution in [1.29, 1.82) is 0 Å². The van der Waals surface area contributed by atoms with Crippen molar-refractivity contribution in [2.24, 2.45) is 11.7 Å². The van der Waals surface area contributed by atoms with Gasteiger partial charge in [0.15, 0.2) is 18.2 Å². The summed E-state index contributed by atoms with van der Waals surface area (Å²) in [4.78, 5) is 94.5. The van der Waals surface area contributed by atoms with Crippen molar-refractivity contribution < 1.29 is 56.9 Å². The summed E-state index contributed by atoms with van der Waals surface area (Å²) in [7, 11) is 1.52. The van der Waals surface area contributed by atoms with E-state index in [4.69, 9.17) is 36.3 Å². The van der Waals surface area contributed by atoms with Crippen LogP contribution in [0.2, 0.25) is 5.02 Å². The maximum Gasteiger partial charge on any atom is 0.262 e. The number of piperidine rings is 3. The molecule has 0 spiro atoms. The SMILES string of the molecule is COCCOc1ccc(C(N)=O)c(-c2cc(C(CNC3CCC(C(=O)N4CCC(OC5CCN(C(=O)COc6ccc7c(c6)C(=O)N(C6CCC(=O)NC6=O)C7=O)CC5)CC4)CC3)c3ccccc3)ccc2Cl)c1F. The second-order valence-electron chi connectivity index (χ2n) is 19.8. The van der Waals surface area contributed by atoms with E-state index in [1.54, 1.807) is 11.0 Å². The van der Waals surface area contributed by atoms with Gasteiger partial charge in [0.2, 0.25) is 23.6 Å². The standard InChI is InChI=1S/C56H62ClFN6O11/c1-72-27-28-73-47-17-14-41(52(59)67)50(51(47)58)43-29-35(9-15-45(43)57)44(33-5-3-2-4-6-33)31-60-36-10-7-34(8-11-36)54(69)63-25-21-38(22-26-63)75-37-19-23-62(24-20-37)49(66)32-74-39-12-13-40-42(30-39)56(71)64(55(40)70)46-16-18-48(65)61-53(46)68/h2-6,9,12-15,17,29-30,34,36-38,44,46,60H,7-8,10-11,16,18-28,31-32H2,1H3,(H2,59,67)(H,61,65,68). The molecule has 1 saturated carbocycles. The quantitative estimate of drug-likeness (QED) is 0.0770. The Hall–Kier alpha value is -6.73. The molecule has 2 atom stereocenters. The molecule has 4 aliphatic heterocycles. The lowest BCUT2D eigenvalue weighted by Crippen LogP contribution is -2.54. The lowest BCUT2D eigenvalue weighted by Gasteiger charge is -2.39. The van der Waals surface area contributed by atoms with Crippen LogP contribution in [0.4, 0.5) is 4.39 Å². The third-order valence-electron chi connectivity index (χ3n) is 15.2. The van der Waals surface area contributed by atoms with Crippen molar-refractivity contribution in [3.63, 3.8) is 0 Å². The Labute approximate surface area is 439 Å². The number of hydrogen-bond donors (Lipinski definition) is 3. The Morgan fingerprint density at radius 3 is 2.13 bits per heavy atom. The lowest BCUT2D eigenvalue weighted by molar-refractivity contribution is -0.142. The predicted molar refractivity (Wildman–Crippen MR) is 274 cm³/mol. The van der Waals surface area contributed by atoms with Gasteiger partial charge in [-0.25, -0.2) is 4.39 Å². The number of primary amides is 1. The number of imide groups is 2. The van der Waals surface area contributed by atoms with Gasteiger partial charge in [0.1, 0.15) is 18.4 Å². The van der Waals surface area contributed by atoms with Gasteiger partial charge < -0.3 is 39.8 Å². The molecule has 4 N–H and O–H groups in total. The first-order chi connectivity index (χ1) is 36.3. The van der Waals surface area contributed by atoms with Crippen LogP contribution in [-0.2, 0) is 28.7 Å². The van der Waals surface area contributed by atoms with Gasteiger partial charge in [-0.1, -0.05) is 48.0 Å². The minimum absolute atomic E-state index is 0.0120. The highest BCUT2D eigenvalue weighted by Crippen LogP contribution is 2.40. The summed E-state index contributed by atoms with van der Waals surface area (Å²) >= 11 is 6.75. The molecule has 2 unspecified atom stereocenters. The van der Waals surface area contributed by atoms with E-state index in [1.165, 1.54) is 37.4 Å². The van der Waals surface area contributed by atoms with Crippen molar-refractivity contribution in [3.05, 3.63) is 118 Å². The van der Waals surface area contributed by atoms with Crippen LogP contribution in [0.3, 0.4) is 0 Å². The smallest absolute Gasteiger partial charge is 0.262 e. The van der Waals surface area contributed by atoms with Crippen molar-refractivity contribution in [2.75, 3.05) is 59.7 Å². The van der Waals surface area contributed by atoms with Crippen molar-refractivity contribution in [2.45, 2.75) is 94.4 Å². The summed E-state index contributed by atoms with van der Waals surface area (Å²) in [6.45, 7) is 2.92. The fourth-order valence-corrected chi connectivity index (χ4v) is 11.2. The number of likely N-dealkylation sites (tertiary alicyclic amines) is 2. The van der Waals surface area contributed by atoms with E-state index in [0.717, 1.165) is 54.6 Å². The van der Waals surface area contributed by atoms with Gasteiger partial charge in [-0.05, 0) is 111 Å². The third kappa shape index (κ3) is 12.0. The average molecular weight is 1050 g/mol. The molecule has 5 aliphatic rings. The first-order valence-electron chi connectivity index (χ1n) is 25.8. The summed E-state index contributed by atoms with van der Waals surface area (Å²) in [5.74, 6) is -3.97. The monoisotopic (exact) mass is 1050 g/mol. The zero-order chi connectivity index (χ0) is 52.8. The minimum Gasteiger partial charge on any atom is -0.488 e. The molecule has 9 rings (SSSR count). The Bertz CT molecular complexity index is 2810. The van der Waals surface area contributed by atoms with Gasteiger partial charge in [-0.2, -0.15) is 0 Å². The zero-order valence-corrected chi connectivity index (χ0v) is 42.6. The molecule has 4 aromatic carbocycles. The third-order valence-corrected chi connectivity index (χ3v) is 15.5. The number of ether oxygens (including phenoxy) is 4. The first kappa shape index (κ1) is 53.1. The zero-order valence-electron chi connectivity index (χ0n) is 41.9. The summed E-state index contributed by atoms with van der Waals surface area (Å²) < 4.78 is 39.2. The van der Waals surface area contributed by atoms with Crippen LogP contribution in [0.25, 0.3) is 11.1 Å². The van der Waals surface area contributed by atoms with E-state index in [2.05, 4.69) is 10.6 Å². The Morgan fingerprint density at radius 1 is 0.760 bits per heavy atom. The second kappa shape index (κ2) is 23.9. The van der Waals surface area contributed by atoms with E-state index in [9.17, 15) is 33.6 Å². The topological polar surface area (TPSA) is 216 Å². The Kier molecular flexibility index (Phi) is 16.9. The predicted octanol–water partition coefficient (Wildman–Crippen LogP) is 6.03. The molecular formula is C56H62ClFN6O11. The van der Waals surface area contributed by atoms with Crippen LogP contribution in [0, 0.1) is 11.7 Å². The highest BCUT2D eigenvalue weighted by molar-refractivity contribution is 6.33. The van der Waals surface area contributed by atoms with Gasteiger partial charge in [-0.3, -0.25) is 43.8 Å². The average Bonchev–Trinajstić information content (AvgIpc) is 3.67. The van der Waals surface area contributed by atoms with Crippen molar-refractivity contribution in [3.8, 4) is 22.6 Å². The van der Waals surface area contributed by atoms with Gasteiger partial charge >= 0.3 is 0 Å². The molecule has 17 nitrogen and oxygen atoms in total. The molecule has 0 aromatic heterocycles. The second-order valence-corrected chi connectivity index (χ2v) is 20.3. The number of methoxy groups -OCH3 is 1. The number of halogens is 2. The molecule has 3 saturated heterocycles. The van der Waals surface area contributed by atoms with E-state index in [1.807, 2.05) is 47.4 Å². The van der Waals surface area contributed by atoms with Crippen LogP contribution < -0.4 is 25.8 Å². The molecule has 4 fully saturated rings. The van der Waals surface area contributed by atoms with Crippen LogP contribution in [-0.4, -0.2) is 140 Å². The van der Waals surface area contributed by atoms with Gasteiger partial charge in [0.05, 0.1) is 35.5 Å². The van der Waals surface area contributed by atoms with E-state index in [0.29, 0.717) is 51.1 Å². The number of nitrogens with two attached hydrogens (primary N) is 1. The molecule has 1 aliphatic carbocycles. The van der Waals surface area contributed by atoms with Gasteiger partial charge in [0.25, 0.3) is 17.7 Å². The normalized spacial score (nSPS) is 20.9. The number of nitrogens with one attached hydrogen (secondary N) is 2. The van der Waals surface area contributed by atoms with Crippen LogP contribution in [0.5, 0.6) is 11.5 Å². The van der Waals surface area contributed by atoms with Crippen molar-refractivity contribution in [1.82, 2.24) is 25.3 Å². The maximum absolute atomic E-state index is 16.2. The summed E-state index contributed by atoms with van der Waals surface area (Å²) in [5, 5.41) is 6.22. The fourth-order valence-electron chi connectivity index (χ4n) is 11.0. The summed E-state index contributed by atoms with van der Waals surface area (Å²) in [6.07, 6.45) is 6.12. The van der Waals surface area contributed by atoms with E-state index < -0.39 is 41.4 Å². The number of benzene rings is 4. The highest BCUT2D eigenvalue weighted by atomic mass is 35.5. The number of carbonyl (C=O) groups is 7. The highest BCUT2D eigenvalue weighted by Gasteiger charge is 2.45. The maximum atomic E-state index is 16.2. The number of hydrogen-bond acceptors (Lipinski definition) is 12. The Morgan fingerprint density at radius 2 is 1.45 bits per heavy atom. The molecule has 4 heterocycles. The molecule has 19 heteroatoms. The van der Waals surface area contributed by atoms with Crippen LogP contribution >= 0.6 is 11.6 Å². The molecule has 75 heavy (non-hydrogen) atoms. The number of amides is 7. The minimum atomic E-state index is -1.08. The van der Waals surface area contributed by atoms with Crippen molar-refractivity contribution >= 4 is 53.0 Å². The van der Waals surface area contributed by atoms with Crippen LogP contribution in [0.15, 0.2) is 78.9 Å². The van der Waals surface area contributed by atoms with E-state index in [-0.39, 0.29) is 113 Å². The lowest BCUT2D eigenvalue weighted by atomic mass is 9.84. The number of fused-ring (bicyclic) bond motifs is 1. The number of nitrogens with zero attached hydrogens (tertiary/aromatic N) is 3. The van der Waals surface area contributed by atoms with E-state index >= 15 is 4.39 Å². The first-order valence-corrected chi connectivity index (χ1v) is 26.2. The van der Waals surface area contributed by atoms with Gasteiger partial charge in [-0.15, -0.1) is 0 Å². The molecule has 0 bridgehead atoms. The fraction of sp³-hybridized carbons (Fsp3) is 0.446. The molecule has 0 radical (unpaired) electrons. The van der Waals surface area contributed by atoms with Gasteiger partial charge in [0, 0.05) is 80.3 Å². The molecular weight excluding hydrogens is 987 g/mol.